The molecule has 0 bridgehead atoms. The number of hydrogen-bond donors (Lipinski definition) is 1. The molecular weight excluding hydrogens is 306 g/mol. The molecule has 0 unspecified atom stereocenters. The van der Waals surface area contributed by atoms with Gasteiger partial charge in [0.2, 0.25) is 0 Å². The molecule has 1 aromatic carbocycles. The van der Waals surface area contributed by atoms with Crippen LogP contribution in [0, 0.1) is 5.92 Å². The number of aromatic amines is 1. The Bertz CT molecular complexity index is 861. The number of fused-ring (bicyclic) bond motifs is 2. The molecule has 1 N–H and O–H groups in total. The van der Waals surface area contributed by atoms with E-state index in [1.54, 1.807) is 0 Å². The van der Waals surface area contributed by atoms with E-state index in [0.717, 1.165) is 37.7 Å². The van der Waals surface area contributed by atoms with Gasteiger partial charge in [-0.15, -0.1) is 0 Å². The first-order valence-electron chi connectivity index (χ1n) is 9.56. The highest BCUT2D eigenvalue weighted by Gasteiger charge is 2.20. The van der Waals surface area contributed by atoms with Gasteiger partial charge >= 0.3 is 0 Å². The van der Waals surface area contributed by atoms with Gasteiger partial charge in [-0.1, -0.05) is 51.0 Å². The molecule has 3 nitrogen and oxygen atoms in total. The molecule has 0 fully saturated rings. The minimum atomic E-state index is 0.743. The Morgan fingerprint density at radius 2 is 1.92 bits per heavy atom. The number of aromatic nitrogens is 2. The maximum absolute atomic E-state index is 4.89. The largest absolute Gasteiger partial charge is 0.358 e. The third kappa shape index (κ3) is 3.04. The number of anilines is 1. The minimum absolute atomic E-state index is 0.743. The Labute approximate surface area is 150 Å². The number of rotatable bonds is 5. The highest BCUT2D eigenvalue weighted by molar-refractivity contribution is 5.91. The van der Waals surface area contributed by atoms with Gasteiger partial charge in [0.05, 0.1) is 5.52 Å². The standard InChI is InChI=1S/C22H27N3/c1-3-16(4-2)13-19-14-24-22(21-20(19)9-11-23-21)25-12-10-17-7-5-6-8-18(17)15-25/h5-9,11,14,16,23H,3-4,10,12-13,15H2,1-2H3. The zero-order valence-electron chi connectivity index (χ0n) is 15.3. The average Bonchev–Trinajstić information content (AvgIpc) is 3.16. The van der Waals surface area contributed by atoms with Crippen LogP contribution in [0.5, 0.6) is 0 Å². The lowest BCUT2D eigenvalue weighted by atomic mass is 9.94. The van der Waals surface area contributed by atoms with Crippen molar-refractivity contribution in [2.75, 3.05) is 11.4 Å². The van der Waals surface area contributed by atoms with Crippen molar-refractivity contribution in [3.8, 4) is 0 Å². The fourth-order valence-electron chi connectivity index (χ4n) is 4.06. The summed E-state index contributed by atoms with van der Waals surface area (Å²) in [5.74, 6) is 1.84. The molecule has 0 spiro atoms. The van der Waals surface area contributed by atoms with Crippen molar-refractivity contribution in [2.24, 2.45) is 5.92 Å². The molecule has 0 amide bonds. The Kier molecular flexibility index (Phi) is 4.48. The maximum atomic E-state index is 4.89. The van der Waals surface area contributed by atoms with Crippen molar-refractivity contribution in [3.05, 3.63) is 59.4 Å². The fourth-order valence-corrected chi connectivity index (χ4v) is 4.06. The molecule has 2 aromatic heterocycles. The van der Waals surface area contributed by atoms with Crippen LogP contribution in [0.15, 0.2) is 42.7 Å². The van der Waals surface area contributed by atoms with Gasteiger partial charge in [0, 0.05) is 30.9 Å². The Morgan fingerprint density at radius 1 is 1.12 bits per heavy atom. The predicted octanol–water partition coefficient (Wildman–Crippen LogP) is 5.10. The Balaban J connectivity index is 1.67. The van der Waals surface area contributed by atoms with E-state index in [1.807, 2.05) is 0 Å². The predicted molar refractivity (Wildman–Crippen MR) is 105 cm³/mol. The molecule has 130 valence electrons. The molecule has 1 aliphatic rings. The summed E-state index contributed by atoms with van der Waals surface area (Å²) < 4.78 is 0. The van der Waals surface area contributed by atoms with E-state index in [9.17, 15) is 0 Å². The fraction of sp³-hybridized carbons (Fsp3) is 0.409. The number of nitrogens with zero attached hydrogens (tertiary/aromatic N) is 2. The smallest absolute Gasteiger partial charge is 0.153 e. The normalized spacial score (nSPS) is 14.3. The minimum Gasteiger partial charge on any atom is -0.358 e. The summed E-state index contributed by atoms with van der Waals surface area (Å²) in [7, 11) is 0. The van der Waals surface area contributed by atoms with Crippen LogP contribution in [0.4, 0.5) is 5.82 Å². The van der Waals surface area contributed by atoms with Gasteiger partial charge in [0.1, 0.15) is 0 Å². The Hall–Kier alpha value is -2.29. The first kappa shape index (κ1) is 16.2. The lowest BCUT2D eigenvalue weighted by Gasteiger charge is -2.30. The lowest BCUT2D eigenvalue weighted by Crippen LogP contribution is -2.31. The average molecular weight is 333 g/mol. The SMILES string of the molecule is CCC(CC)Cc1cnc(N2CCc3ccccc3C2)c2[nH]ccc12. The number of nitrogens with one attached hydrogen (secondary N) is 1. The molecular formula is C22H27N3. The molecule has 0 saturated heterocycles. The second-order valence-electron chi connectivity index (χ2n) is 7.20. The van der Waals surface area contributed by atoms with Crippen LogP contribution in [0.2, 0.25) is 0 Å². The van der Waals surface area contributed by atoms with E-state index in [0.29, 0.717) is 0 Å². The van der Waals surface area contributed by atoms with Gasteiger partial charge in [-0.25, -0.2) is 4.98 Å². The zero-order valence-corrected chi connectivity index (χ0v) is 15.3. The molecule has 0 saturated carbocycles. The molecule has 4 rings (SSSR count). The van der Waals surface area contributed by atoms with E-state index >= 15 is 0 Å². The topological polar surface area (TPSA) is 31.9 Å². The first-order chi connectivity index (χ1) is 12.3. The van der Waals surface area contributed by atoms with Crippen molar-refractivity contribution in [2.45, 2.75) is 46.1 Å². The number of hydrogen-bond acceptors (Lipinski definition) is 2. The maximum Gasteiger partial charge on any atom is 0.153 e. The van der Waals surface area contributed by atoms with E-state index in [4.69, 9.17) is 4.98 Å². The van der Waals surface area contributed by atoms with Gasteiger partial charge < -0.3 is 9.88 Å². The lowest BCUT2D eigenvalue weighted by molar-refractivity contribution is 0.491. The molecule has 0 aliphatic carbocycles. The van der Waals surface area contributed by atoms with Crippen molar-refractivity contribution in [1.29, 1.82) is 0 Å². The number of benzene rings is 1. The van der Waals surface area contributed by atoms with Gasteiger partial charge in [-0.2, -0.15) is 0 Å². The van der Waals surface area contributed by atoms with Crippen molar-refractivity contribution < 1.29 is 0 Å². The summed E-state index contributed by atoms with van der Waals surface area (Å²) in [6.45, 7) is 6.55. The second kappa shape index (κ2) is 6.91. The highest BCUT2D eigenvalue weighted by Crippen LogP contribution is 2.31. The molecule has 3 heterocycles. The van der Waals surface area contributed by atoms with Crippen LogP contribution >= 0.6 is 0 Å². The molecule has 0 atom stereocenters. The van der Waals surface area contributed by atoms with Crippen LogP contribution in [0.3, 0.4) is 0 Å². The van der Waals surface area contributed by atoms with Gasteiger partial charge in [0.15, 0.2) is 5.82 Å². The van der Waals surface area contributed by atoms with Crippen LogP contribution in [0.25, 0.3) is 10.9 Å². The van der Waals surface area contributed by atoms with Crippen molar-refractivity contribution in [3.63, 3.8) is 0 Å². The molecule has 0 radical (unpaired) electrons. The molecule has 3 heteroatoms. The van der Waals surface area contributed by atoms with E-state index in [-0.39, 0.29) is 0 Å². The summed E-state index contributed by atoms with van der Waals surface area (Å²) in [6, 6.07) is 11.0. The number of pyridine rings is 1. The van der Waals surface area contributed by atoms with Crippen LogP contribution in [0.1, 0.15) is 43.4 Å². The van der Waals surface area contributed by atoms with Gasteiger partial charge in [-0.3, -0.25) is 0 Å². The summed E-state index contributed by atoms with van der Waals surface area (Å²) >= 11 is 0. The summed E-state index contributed by atoms with van der Waals surface area (Å²) in [4.78, 5) is 10.8. The van der Waals surface area contributed by atoms with Crippen molar-refractivity contribution >= 4 is 16.7 Å². The molecule has 25 heavy (non-hydrogen) atoms. The van der Waals surface area contributed by atoms with E-state index in [1.165, 1.54) is 40.4 Å². The van der Waals surface area contributed by atoms with Gasteiger partial charge in [-0.05, 0) is 41.5 Å². The highest BCUT2D eigenvalue weighted by atomic mass is 15.2. The van der Waals surface area contributed by atoms with Crippen LogP contribution in [-0.4, -0.2) is 16.5 Å². The molecule has 1 aliphatic heterocycles. The van der Waals surface area contributed by atoms with E-state index in [2.05, 4.69) is 66.5 Å². The monoisotopic (exact) mass is 333 g/mol. The third-order valence-corrected chi connectivity index (χ3v) is 5.75. The first-order valence-corrected chi connectivity index (χ1v) is 9.56. The third-order valence-electron chi connectivity index (χ3n) is 5.75. The summed E-state index contributed by atoms with van der Waals surface area (Å²) in [5.41, 5.74) is 5.48. The van der Waals surface area contributed by atoms with Crippen molar-refractivity contribution in [1.82, 2.24) is 9.97 Å². The van der Waals surface area contributed by atoms with Crippen LogP contribution in [-0.2, 0) is 19.4 Å². The zero-order chi connectivity index (χ0) is 17.2. The number of H-pyrrole nitrogens is 1. The van der Waals surface area contributed by atoms with E-state index < -0.39 is 0 Å². The molecule has 3 aromatic rings. The van der Waals surface area contributed by atoms with Gasteiger partial charge in [0.25, 0.3) is 0 Å². The summed E-state index contributed by atoms with van der Waals surface area (Å²) in [6.07, 6.45) is 8.85. The quantitative estimate of drug-likeness (QED) is 0.704. The van der Waals surface area contributed by atoms with Crippen LogP contribution < -0.4 is 4.90 Å². The Morgan fingerprint density at radius 3 is 2.72 bits per heavy atom. The summed E-state index contributed by atoms with van der Waals surface area (Å²) in [5, 5.41) is 1.34. The second-order valence-corrected chi connectivity index (χ2v) is 7.20.